The highest BCUT2D eigenvalue weighted by molar-refractivity contribution is 5.99. The van der Waals surface area contributed by atoms with E-state index in [1.165, 1.54) is 0 Å². The van der Waals surface area contributed by atoms with Crippen LogP contribution in [0.25, 0.3) is 0 Å². The van der Waals surface area contributed by atoms with Gasteiger partial charge < -0.3 is 4.74 Å². The van der Waals surface area contributed by atoms with Gasteiger partial charge in [-0.05, 0) is 17.7 Å². The van der Waals surface area contributed by atoms with E-state index in [0.717, 1.165) is 5.56 Å². The summed E-state index contributed by atoms with van der Waals surface area (Å²) in [6, 6.07) is 17.3. The van der Waals surface area contributed by atoms with Gasteiger partial charge in [0.2, 0.25) is 0 Å². The van der Waals surface area contributed by atoms with Crippen LogP contribution >= 0.6 is 12.4 Å². The number of ether oxygens (including phenoxy) is 1. The summed E-state index contributed by atoms with van der Waals surface area (Å²) in [4.78, 5) is 12.0. The molecule has 0 aliphatic carbocycles. The van der Waals surface area contributed by atoms with Crippen LogP contribution in [-0.4, -0.2) is 5.78 Å². The maximum absolute atomic E-state index is 12.0. The van der Waals surface area contributed by atoms with E-state index in [9.17, 15) is 4.79 Å². The number of hydrogen-bond acceptors (Lipinski definition) is 2. The molecule has 1 atom stereocenters. The maximum Gasteiger partial charge on any atom is 0.170 e. The predicted molar refractivity (Wildman–Crippen MR) is 72.4 cm³/mol. The second kappa shape index (κ2) is 5.23. The Balaban J connectivity index is 0.00000120. The highest BCUT2D eigenvalue weighted by Crippen LogP contribution is 2.34. The Kier molecular flexibility index (Phi) is 3.68. The second-order valence-corrected chi connectivity index (χ2v) is 4.14. The predicted octanol–water partition coefficient (Wildman–Crippen LogP) is 3.81. The van der Waals surface area contributed by atoms with Gasteiger partial charge in [0.05, 0.1) is 12.0 Å². The van der Waals surface area contributed by atoms with Crippen molar-refractivity contribution in [2.75, 3.05) is 0 Å². The van der Waals surface area contributed by atoms with Gasteiger partial charge >= 0.3 is 0 Å². The number of hydrogen-bond donors (Lipinski definition) is 0. The van der Waals surface area contributed by atoms with Gasteiger partial charge in [-0.25, -0.2) is 0 Å². The average Bonchev–Trinajstić information content (AvgIpc) is 2.40. The quantitative estimate of drug-likeness (QED) is 0.779. The Hall–Kier alpha value is -1.80. The molecule has 2 aromatic carbocycles. The number of benzene rings is 2. The van der Waals surface area contributed by atoms with Crippen molar-refractivity contribution in [3.05, 3.63) is 65.7 Å². The fourth-order valence-corrected chi connectivity index (χ4v) is 2.13. The standard InChI is InChI=1S/C15H12O2.ClH/c16-13-10-15(11-6-2-1-3-7-11)17-14-9-5-4-8-12(13)14;/h1-9,15H,10H2;1H. The Labute approximate surface area is 112 Å². The Bertz CT molecular complexity index is 551. The molecule has 3 rings (SSSR count). The van der Waals surface area contributed by atoms with Gasteiger partial charge in [-0.2, -0.15) is 0 Å². The Morgan fingerprint density at radius 2 is 1.61 bits per heavy atom. The van der Waals surface area contributed by atoms with E-state index in [4.69, 9.17) is 4.74 Å². The summed E-state index contributed by atoms with van der Waals surface area (Å²) < 4.78 is 5.87. The molecule has 0 radical (unpaired) electrons. The molecule has 1 aliphatic rings. The van der Waals surface area contributed by atoms with Gasteiger partial charge in [-0.1, -0.05) is 42.5 Å². The first kappa shape index (κ1) is 12.7. The number of halogens is 1. The van der Waals surface area contributed by atoms with E-state index in [1.54, 1.807) is 0 Å². The molecule has 0 saturated heterocycles. The van der Waals surface area contributed by atoms with Crippen molar-refractivity contribution in [2.24, 2.45) is 0 Å². The van der Waals surface area contributed by atoms with Crippen LogP contribution in [0.2, 0.25) is 0 Å². The monoisotopic (exact) mass is 260 g/mol. The molecule has 1 unspecified atom stereocenters. The number of carbonyl (C=O) groups excluding carboxylic acids is 1. The average molecular weight is 261 g/mol. The molecule has 0 fully saturated rings. The van der Waals surface area contributed by atoms with Gasteiger partial charge in [-0.3, -0.25) is 4.79 Å². The van der Waals surface area contributed by atoms with Gasteiger partial charge in [0.15, 0.2) is 5.78 Å². The minimum absolute atomic E-state index is 0. The molecule has 0 saturated carbocycles. The van der Waals surface area contributed by atoms with Crippen LogP contribution in [0.15, 0.2) is 54.6 Å². The fraction of sp³-hybridized carbons (Fsp3) is 0.133. The lowest BCUT2D eigenvalue weighted by Gasteiger charge is -2.25. The van der Waals surface area contributed by atoms with Crippen LogP contribution in [0, 0.1) is 0 Å². The smallest absolute Gasteiger partial charge is 0.170 e. The molecule has 18 heavy (non-hydrogen) atoms. The van der Waals surface area contributed by atoms with E-state index in [0.29, 0.717) is 17.7 Å². The Morgan fingerprint density at radius 3 is 2.39 bits per heavy atom. The minimum atomic E-state index is -0.154. The van der Waals surface area contributed by atoms with Gasteiger partial charge in [0.25, 0.3) is 0 Å². The first-order valence-electron chi connectivity index (χ1n) is 5.68. The SMILES string of the molecule is Cl.O=C1CC(c2ccccc2)Oc2ccccc21. The van der Waals surface area contributed by atoms with Crippen LogP contribution in [0.4, 0.5) is 0 Å². The van der Waals surface area contributed by atoms with Gasteiger partial charge in [-0.15, -0.1) is 12.4 Å². The van der Waals surface area contributed by atoms with E-state index in [1.807, 2.05) is 54.6 Å². The number of para-hydroxylation sites is 1. The van der Waals surface area contributed by atoms with E-state index >= 15 is 0 Å². The lowest BCUT2D eigenvalue weighted by Crippen LogP contribution is -2.20. The summed E-state index contributed by atoms with van der Waals surface area (Å²) in [7, 11) is 0. The van der Waals surface area contributed by atoms with E-state index in [-0.39, 0.29) is 24.3 Å². The molecule has 0 bridgehead atoms. The zero-order valence-electron chi connectivity index (χ0n) is 9.71. The summed E-state index contributed by atoms with van der Waals surface area (Å²) >= 11 is 0. The zero-order valence-corrected chi connectivity index (χ0v) is 10.5. The molecule has 3 heteroatoms. The molecule has 1 aliphatic heterocycles. The molecule has 0 amide bonds. The summed E-state index contributed by atoms with van der Waals surface area (Å²) in [5.41, 5.74) is 1.75. The summed E-state index contributed by atoms with van der Waals surface area (Å²) in [6.45, 7) is 0. The lowest BCUT2D eigenvalue weighted by atomic mass is 9.96. The molecule has 92 valence electrons. The number of carbonyl (C=O) groups is 1. The van der Waals surface area contributed by atoms with E-state index in [2.05, 4.69) is 0 Å². The molecule has 2 aromatic rings. The molecule has 0 aromatic heterocycles. The van der Waals surface area contributed by atoms with Gasteiger partial charge in [0.1, 0.15) is 11.9 Å². The molecular weight excluding hydrogens is 248 g/mol. The number of fused-ring (bicyclic) bond motifs is 1. The highest BCUT2D eigenvalue weighted by Gasteiger charge is 2.26. The van der Waals surface area contributed by atoms with Crippen molar-refractivity contribution in [3.8, 4) is 5.75 Å². The van der Waals surface area contributed by atoms with Crippen molar-refractivity contribution in [3.63, 3.8) is 0 Å². The fourth-order valence-electron chi connectivity index (χ4n) is 2.13. The number of ketones is 1. The number of rotatable bonds is 1. The zero-order chi connectivity index (χ0) is 11.7. The van der Waals surface area contributed by atoms with Crippen LogP contribution in [0.1, 0.15) is 28.4 Å². The number of Topliss-reactive ketones (excluding diaryl/α,β-unsaturated/α-hetero) is 1. The van der Waals surface area contributed by atoms with Crippen LogP contribution in [0.3, 0.4) is 0 Å². The summed E-state index contributed by atoms with van der Waals surface area (Å²) in [6.07, 6.45) is 0.264. The largest absolute Gasteiger partial charge is 0.484 e. The summed E-state index contributed by atoms with van der Waals surface area (Å²) in [5, 5.41) is 0. The molecule has 0 spiro atoms. The van der Waals surface area contributed by atoms with Crippen LogP contribution in [0.5, 0.6) is 5.75 Å². The summed E-state index contributed by atoms with van der Waals surface area (Å²) in [5.74, 6) is 0.846. The first-order chi connectivity index (χ1) is 8.34. The van der Waals surface area contributed by atoms with Crippen molar-refractivity contribution >= 4 is 18.2 Å². The molecule has 0 N–H and O–H groups in total. The molecule has 1 heterocycles. The third-order valence-electron chi connectivity index (χ3n) is 3.00. The Morgan fingerprint density at radius 1 is 0.944 bits per heavy atom. The molecular formula is C15H13ClO2. The lowest BCUT2D eigenvalue weighted by molar-refractivity contribution is 0.0850. The first-order valence-corrected chi connectivity index (χ1v) is 5.68. The normalized spacial score (nSPS) is 17.3. The van der Waals surface area contributed by atoms with Crippen molar-refractivity contribution in [2.45, 2.75) is 12.5 Å². The topological polar surface area (TPSA) is 26.3 Å². The van der Waals surface area contributed by atoms with Gasteiger partial charge in [0, 0.05) is 0 Å². The third kappa shape index (κ3) is 2.24. The molecule has 2 nitrogen and oxygen atoms in total. The van der Waals surface area contributed by atoms with E-state index < -0.39 is 0 Å². The van der Waals surface area contributed by atoms with Crippen LogP contribution in [-0.2, 0) is 0 Å². The van der Waals surface area contributed by atoms with Crippen molar-refractivity contribution in [1.29, 1.82) is 0 Å². The maximum atomic E-state index is 12.0. The highest BCUT2D eigenvalue weighted by atomic mass is 35.5. The van der Waals surface area contributed by atoms with Crippen molar-refractivity contribution < 1.29 is 9.53 Å². The minimum Gasteiger partial charge on any atom is -0.484 e. The second-order valence-electron chi connectivity index (χ2n) is 4.14. The van der Waals surface area contributed by atoms with Crippen molar-refractivity contribution in [1.82, 2.24) is 0 Å². The third-order valence-corrected chi connectivity index (χ3v) is 3.00. The van der Waals surface area contributed by atoms with Crippen LogP contribution < -0.4 is 4.74 Å².